The summed E-state index contributed by atoms with van der Waals surface area (Å²) < 4.78 is 39.6. The molecule has 3 heterocycles. The number of thioether (sulfide) groups is 1. The minimum Gasteiger partial charge on any atom is -0.384 e. The van der Waals surface area contributed by atoms with Gasteiger partial charge in [-0.05, 0) is 19.1 Å². The SMILES string of the molecule is CCn1nc(C(F)(F)F)cc1CSc1cc(N)nc2[nH]nnc12. The van der Waals surface area contributed by atoms with Crippen LogP contribution in [0.4, 0.5) is 19.0 Å². The number of nitrogens with one attached hydrogen (secondary N) is 1. The zero-order chi connectivity index (χ0) is 16.6. The van der Waals surface area contributed by atoms with Crippen molar-refractivity contribution in [1.29, 1.82) is 0 Å². The number of aromatic amines is 1. The first-order valence-electron chi connectivity index (χ1n) is 6.62. The van der Waals surface area contributed by atoms with E-state index in [9.17, 15) is 13.2 Å². The van der Waals surface area contributed by atoms with Gasteiger partial charge in [0.2, 0.25) is 0 Å². The van der Waals surface area contributed by atoms with Crippen LogP contribution in [0.5, 0.6) is 0 Å². The smallest absolute Gasteiger partial charge is 0.384 e. The minimum atomic E-state index is -4.46. The number of nitrogen functional groups attached to an aromatic ring is 1. The van der Waals surface area contributed by atoms with Crippen molar-refractivity contribution in [2.24, 2.45) is 0 Å². The number of fused-ring (bicyclic) bond motifs is 1. The normalized spacial score (nSPS) is 12.2. The molecule has 0 amide bonds. The molecule has 0 saturated carbocycles. The highest BCUT2D eigenvalue weighted by Crippen LogP contribution is 2.32. The van der Waals surface area contributed by atoms with E-state index in [1.54, 1.807) is 13.0 Å². The van der Waals surface area contributed by atoms with Crippen LogP contribution in [0.15, 0.2) is 17.0 Å². The van der Waals surface area contributed by atoms with Gasteiger partial charge in [0.15, 0.2) is 11.3 Å². The zero-order valence-corrected chi connectivity index (χ0v) is 12.7. The van der Waals surface area contributed by atoms with Crippen molar-refractivity contribution >= 4 is 28.7 Å². The third kappa shape index (κ3) is 3.09. The molecule has 23 heavy (non-hydrogen) atoms. The summed E-state index contributed by atoms with van der Waals surface area (Å²) in [7, 11) is 0. The lowest BCUT2D eigenvalue weighted by Crippen LogP contribution is -2.07. The van der Waals surface area contributed by atoms with Crippen LogP contribution in [0.3, 0.4) is 0 Å². The number of rotatable bonds is 4. The van der Waals surface area contributed by atoms with Gasteiger partial charge in [-0.1, -0.05) is 5.21 Å². The molecule has 3 aromatic heterocycles. The van der Waals surface area contributed by atoms with Gasteiger partial charge < -0.3 is 5.73 Å². The summed E-state index contributed by atoms with van der Waals surface area (Å²) in [5.41, 5.74) is 6.25. The summed E-state index contributed by atoms with van der Waals surface area (Å²) in [4.78, 5) is 4.73. The van der Waals surface area contributed by atoms with Crippen LogP contribution in [0.25, 0.3) is 11.2 Å². The molecule has 0 saturated heterocycles. The standard InChI is InChI=1S/C12H12F3N7S/c1-2-22-6(3-8(20-22)12(13,14)15)5-23-7-4-9(16)17-11-10(7)18-21-19-11/h3-4H,2,5H2,1H3,(H3,16,17,18,19,21). The largest absolute Gasteiger partial charge is 0.435 e. The van der Waals surface area contributed by atoms with Crippen molar-refractivity contribution in [2.75, 3.05) is 5.73 Å². The first kappa shape index (κ1) is 15.6. The van der Waals surface area contributed by atoms with Gasteiger partial charge in [-0.2, -0.15) is 18.3 Å². The van der Waals surface area contributed by atoms with Gasteiger partial charge in [0.1, 0.15) is 11.3 Å². The molecule has 3 N–H and O–H groups in total. The van der Waals surface area contributed by atoms with Gasteiger partial charge >= 0.3 is 6.18 Å². The highest BCUT2D eigenvalue weighted by Gasteiger charge is 2.34. The van der Waals surface area contributed by atoms with E-state index in [1.807, 2.05) is 0 Å². The predicted octanol–water partition coefficient (Wildman–Crippen LogP) is 2.46. The number of H-pyrrole nitrogens is 1. The molecule has 0 spiro atoms. The third-order valence-electron chi connectivity index (χ3n) is 3.11. The molecule has 11 heteroatoms. The number of nitrogens with two attached hydrogens (primary N) is 1. The Balaban J connectivity index is 1.88. The second-order valence-corrected chi connectivity index (χ2v) is 5.69. The Kier molecular flexibility index (Phi) is 3.88. The maximum atomic E-state index is 12.8. The summed E-state index contributed by atoms with van der Waals surface area (Å²) in [6.45, 7) is 2.09. The molecular weight excluding hydrogens is 331 g/mol. The van der Waals surface area contributed by atoms with E-state index in [4.69, 9.17) is 5.73 Å². The summed E-state index contributed by atoms with van der Waals surface area (Å²) >= 11 is 1.30. The molecule has 0 bridgehead atoms. The number of halogens is 3. The van der Waals surface area contributed by atoms with Gasteiger partial charge in [-0.15, -0.1) is 16.9 Å². The van der Waals surface area contributed by atoms with Gasteiger partial charge in [0, 0.05) is 22.9 Å². The maximum Gasteiger partial charge on any atom is 0.435 e. The van der Waals surface area contributed by atoms with E-state index >= 15 is 0 Å². The molecule has 0 aromatic carbocycles. The maximum absolute atomic E-state index is 12.8. The average molecular weight is 343 g/mol. The quantitative estimate of drug-likeness (QED) is 0.706. The minimum absolute atomic E-state index is 0.283. The Bertz CT molecular complexity index is 839. The molecule has 0 aliphatic carbocycles. The average Bonchev–Trinajstić information content (AvgIpc) is 3.09. The fraction of sp³-hybridized carbons (Fsp3) is 0.333. The van der Waals surface area contributed by atoms with Gasteiger partial charge in [0.25, 0.3) is 0 Å². The molecule has 0 radical (unpaired) electrons. The molecule has 7 nitrogen and oxygen atoms in total. The van der Waals surface area contributed by atoms with Crippen molar-refractivity contribution in [1.82, 2.24) is 30.2 Å². The topological polar surface area (TPSA) is 98.3 Å². The van der Waals surface area contributed by atoms with E-state index < -0.39 is 11.9 Å². The number of pyridine rings is 1. The van der Waals surface area contributed by atoms with Crippen LogP contribution >= 0.6 is 11.8 Å². The van der Waals surface area contributed by atoms with Crippen molar-refractivity contribution in [3.8, 4) is 0 Å². The molecular formula is C12H12F3N7S. The molecule has 122 valence electrons. The first-order valence-corrected chi connectivity index (χ1v) is 7.61. The number of hydrogen-bond acceptors (Lipinski definition) is 6. The molecule has 0 aliphatic rings. The van der Waals surface area contributed by atoms with Crippen LogP contribution in [0.1, 0.15) is 18.3 Å². The van der Waals surface area contributed by atoms with Crippen molar-refractivity contribution < 1.29 is 13.2 Å². The third-order valence-corrected chi connectivity index (χ3v) is 4.17. The van der Waals surface area contributed by atoms with Crippen LogP contribution in [-0.2, 0) is 18.5 Å². The summed E-state index contributed by atoms with van der Waals surface area (Å²) in [6.07, 6.45) is -4.46. The Hall–Kier alpha value is -2.30. The van der Waals surface area contributed by atoms with Crippen molar-refractivity contribution in [3.05, 3.63) is 23.5 Å². The lowest BCUT2D eigenvalue weighted by Gasteiger charge is -2.05. The van der Waals surface area contributed by atoms with E-state index in [0.717, 1.165) is 6.07 Å². The Labute approximate surface area is 132 Å². The Morgan fingerprint density at radius 2 is 2.13 bits per heavy atom. The van der Waals surface area contributed by atoms with Crippen molar-refractivity contribution in [2.45, 2.75) is 30.3 Å². The second kappa shape index (κ2) is 5.72. The second-order valence-electron chi connectivity index (χ2n) is 4.68. The first-order chi connectivity index (χ1) is 10.9. The van der Waals surface area contributed by atoms with Gasteiger partial charge in [-0.25, -0.2) is 10.1 Å². The number of nitrogens with zero attached hydrogens (tertiary/aromatic N) is 5. The number of aryl methyl sites for hydroxylation is 1. The number of anilines is 1. The summed E-state index contributed by atoms with van der Waals surface area (Å²) in [5.74, 6) is 0.577. The Morgan fingerprint density at radius 3 is 2.83 bits per heavy atom. The molecule has 0 atom stereocenters. The van der Waals surface area contributed by atoms with E-state index in [1.165, 1.54) is 16.4 Å². The van der Waals surface area contributed by atoms with Crippen LogP contribution < -0.4 is 5.73 Å². The van der Waals surface area contributed by atoms with Crippen LogP contribution in [0, 0.1) is 0 Å². The van der Waals surface area contributed by atoms with E-state index in [0.29, 0.717) is 34.1 Å². The zero-order valence-electron chi connectivity index (χ0n) is 11.9. The summed E-state index contributed by atoms with van der Waals surface area (Å²) in [5, 5.41) is 13.8. The molecule has 3 aromatic rings. The number of alkyl halides is 3. The van der Waals surface area contributed by atoms with Crippen LogP contribution in [-0.4, -0.2) is 30.2 Å². The van der Waals surface area contributed by atoms with Gasteiger partial charge in [0.05, 0.1) is 0 Å². The number of hydrogen-bond donors (Lipinski definition) is 2. The molecule has 0 aliphatic heterocycles. The van der Waals surface area contributed by atoms with Crippen molar-refractivity contribution in [3.63, 3.8) is 0 Å². The number of aromatic nitrogens is 6. The van der Waals surface area contributed by atoms with Gasteiger partial charge in [-0.3, -0.25) is 4.68 Å². The lowest BCUT2D eigenvalue weighted by atomic mass is 10.3. The highest BCUT2D eigenvalue weighted by atomic mass is 32.2. The fourth-order valence-electron chi connectivity index (χ4n) is 2.08. The molecule has 0 fully saturated rings. The molecule has 3 rings (SSSR count). The summed E-state index contributed by atoms with van der Waals surface area (Å²) in [6, 6.07) is 2.67. The fourth-order valence-corrected chi connectivity index (χ4v) is 3.09. The van der Waals surface area contributed by atoms with E-state index in [2.05, 4.69) is 25.5 Å². The van der Waals surface area contributed by atoms with E-state index in [-0.39, 0.29) is 5.82 Å². The monoisotopic (exact) mass is 343 g/mol. The lowest BCUT2D eigenvalue weighted by molar-refractivity contribution is -0.141. The highest BCUT2D eigenvalue weighted by molar-refractivity contribution is 7.98. The van der Waals surface area contributed by atoms with Crippen LogP contribution in [0.2, 0.25) is 0 Å². The molecule has 0 unspecified atom stereocenters. The Morgan fingerprint density at radius 1 is 1.35 bits per heavy atom. The predicted molar refractivity (Wildman–Crippen MR) is 78.6 cm³/mol.